The molecule has 3 nitrogen and oxygen atoms in total. The predicted molar refractivity (Wildman–Crippen MR) is 93.1 cm³/mol. The lowest BCUT2D eigenvalue weighted by Gasteiger charge is -2.26. The number of hydrogen-bond donors (Lipinski definition) is 1. The van der Waals surface area contributed by atoms with E-state index in [1.54, 1.807) is 0 Å². The van der Waals surface area contributed by atoms with Crippen LogP contribution in [0.4, 0.5) is 0 Å². The van der Waals surface area contributed by atoms with Crippen LogP contribution in [0.15, 0.2) is 17.5 Å². The molecule has 0 aromatic carbocycles. The molecule has 1 aromatic rings. The molecule has 0 bridgehead atoms. The summed E-state index contributed by atoms with van der Waals surface area (Å²) in [5.74, 6) is 0. The Morgan fingerprint density at radius 3 is 2.90 bits per heavy atom. The van der Waals surface area contributed by atoms with Crippen molar-refractivity contribution < 1.29 is 0 Å². The highest BCUT2D eigenvalue weighted by atomic mass is 32.1. The molecule has 0 radical (unpaired) electrons. The first-order chi connectivity index (χ1) is 10.2. The van der Waals surface area contributed by atoms with Crippen LogP contribution in [-0.2, 0) is 0 Å². The van der Waals surface area contributed by atoms with Crippen molar-refractivity contribution >= 4 is 11.3 Å². The maximum Gasteiger partial charge on any atom is 0.0561 e. The molecular formula is C17H31N3S. The second kappa shape index (κ2) is 8.89. The van der Waals surface area contributed by atoms with Gasteiger partial charge in [-0.15, -0.1) is 11.3 Å². The molecule has 1 aliphatic heterocycles. The van der Waals surface area contributed by atoms with Gasteiger partial charge in [-0.3, -0.25) is 0 Å². The average Bonchev–Trinajstić information content (AvgIpc) is 2.88. The molecule has 1 N–H and O–H groups in total. The van der Waals surface area contributed by atoms with Crippen LogP contribution in [0, 0.1) is 0 Å². The zero-order valence-electron chi connectivity index (χ0n) is 13.8. The van der Waals surface area contributed by atoms with Crippen molar-refractivity contribution in [3.8, 4) is 0 Å². The van der Waals surface area contributed by atoms with Crippen molar-refractivity contribution in [3.05, 3.63) is 22.4 Å². The van der Waals surface area contributed by atoms with E-state index in [0.29, 0.717) is 12.1 Å². The highest BCUT2D eigenvalue weighted by Crippen LogP contribution is 2.23. The van der Waals surface area contributed by atoms with Crippen molar-refractivity contribution in [2.45, 2.75) is 44.7 Å². The summed E-state index contributed by atoms with van der Waals surface area (Å²) in [7, 11) is 4.37. The van der Waals surface area contributed by atoms with Crippen LogP contribution < -0.4 is 5.32 Å². The molecule has 4 heteroatoms. The first-order valence-electron chi connectivity index (χ1n) is 8.36. The summed E-state index contributed by atoms with van der Waals surface area (Å²) in [6.45, 7) is 7.16. The lowest BCUT2D eigenvalue weighted by molar-refractivity contribution is 0.269. The molecule has 2 rings (SSSR count). The van der Waals surface area contributed by atoms with Gasteiger partial charge < -0.3 is 15.1 Å². The third kappa shape index (κ3) is 5.37. The van der Waals surface area contributed by atoms with E-state index in [-0.39, 0.29) is 0 Å². The van der Waals surface area contributed by atoms with Crippen molar-refractivity contribution in [1.82, 2.24) is 15.1 Å². The second-order valence-electron chi connectivity index (χ2n) is 6.37. The predicted octanol–water partition coefficient (Wildman–Crippen LogP) is 3.20. The molecule has 120 valence electrons. The average molecular weight is 310 g/mol. The van der Waals surface area contributed by atoms with Crippen LogP contribution in [0.25, 0.3) is 0 Å². The van der Waals surface area contributed by atoms with Gasteiger partial charge in [-0.25, -0.2) is 0 Å². The van der Waals surface area contributed by atoms with E-state index >= 15 is 0 Å². The highest BCUT2D eigenvalue weighted by molar-refractivity contribution is 7.10. The first-order valence-corrected chi connectivity index (χ1v) is 9.24. The first kappa shape index (κ1) is 16.9. The Hall–Kier alpha value is -0.420. The van der Waals surface area contributed by atoms with Crippen molar-refractivity contribution in [3.63, 3.8) is 0 Å². The van der Waals surface area contributed by atoms with Crippen LogP contribution in [-0.4, -0.2) is 56.1 Å². The van der Waals surface area contributed by atoms with Gasteiger partial charge in [0.15, 0.2) is 0 Å². The van der Waals surface area contributed by atoms with Crippen molar-refractivity contribution in [2.75, 3.05) is 40.3 Å². The second-order valence-corrected chi connectivity index (χ2v) is 7.35. The molecule has 1 saturated heterocycles. The normalized spacial score (nSPS) is 22.4. The molecule has 2 heterocycles. The minimum absolute atomic E-state index is 0.500. The quantitative estimate of drug-likeness (QED) is 0.834. The standard InChI is InChI=1S/C17H31N3S/c1-4-10-20-11-5-7-15(9-12-20)18-14-16(19(2)3)17-8-6-13-21-17/h6,8,13,15-16,18H,4-5,7,9-12,14H2,1-3H3. The Kier molecular flexibility index (Phi) is 7.17. The lowest BCUT2D eigenvalue weighted by Crippen LogP contribution is -2.37. The van der Waals surface area contributed by atoms with E-state index in [1.165, 1.54) is 50.2 Å². The third-order valence-electron chi connectivity index (χ3n) is 4.46. The number of likely N-dealkylation sites (N-methyl/N-ethyl adjacent to an activating group) is 1. The molecular weight excluding hydrogens is 278 g/mol. The highest BCUT2D eigenvalue weighted by Gasteiger charge is 2.19. The topological polar surface area (TPSA) is 18.5 Å². The van der Waals surface area contributed by atoms with E-state index in [0.717, 1.165) is 6.54 Å². The van der Waals surface area contributed by atoms with Crippen LogP contribution in [0.3, 0.4) is 0 Å². The summed E-state index contributed by atoms with van der Waals surface area (Å²) in [6, 6.07) is 5.60. The number of thiophene rings is 1. The van der Waals surface area contributed by atoms with Crippen molar-refractivity contribution in [2.24, 2.45) is 0 Å². The molecule has 1 aliphatic rings. The number of rotatable bonds is 7. The minimum atomic E-state index is 0.500. The van der Waals surface area contributed by atoms with Crippen LogP contribution in [0.1, 0.15) is 43.5 Å². The number of hydrogen-bond acceptors (Lipinski definition) is 4. The zero-order valence-corrected chi connectivity index (χ0v) is 14.7. The van der Waals surface area contributed by atoms with E-state index < -0.39 is 0 Å². The van der Waals surface area contributed by atoms with Crippen LogP contribution >= 0.6 is 11.3 Å². The molecule has 1 fully saturated rings. The Labute approximate surface area is 134 Å². The van der Waals surface area contributed by atoms with Gasteiger partial charge in [0.1, 0.15) is 0 Å². The monoisotopic (exact) mass is 309 g/mol. The summed E-state index contributed by atoms with van der Waals surface area (Å²) in [5, 5.41) is 6.01. The van der Waals surface area contributed by atoms with Gasteiger partial charge in [-0.05, 0) is 70.9 Å². The van der Waals surface area contributed by atoms with Gasteiger partial charge >= 0.3 is 0 Å². The fraction of sp³-hybridized carbons (Fsp3) is 0.765. The van der Waals surface area contributed by atoms with E-state index in [2.05, 4.69) is 53.6 Å². The minimum Gasteiger partial charge on any atom is -0.312 e. The van der Waals surface area contributed by atoms with Gasteiger partial charge in [-0.1, -0.05) is 13.0 Å². The van der Waals surface area contributed by atoms with E-state index in [4.69, 9.17) is 0 Å². The Balaban J connectivity index is 1.81. The van der Waals surface area contributed by atoms with Gasteiger partial charge in [-0.2, -0.15) is 0 Å². The SMILES string of the molecule is CCCN1CCCC(NCC(c2cccs2)N(C)C)CC1. The van der Waals surface area contributed by atoms with Gasteiger partial charge in [0.2, 0.25) is 0 Å². The zero-order chi connectivity index (χ0) is 15.1. The van der Waals surface area contributed by atoms with Gasteiger partial charge in [0.25, 0.3) is 0 Å². The van der Waals surface area contributed by atoms with Gasteiger partial charge in [0, 0.05) is 17.5 Å². The molecule has 0 amide bonds. The maximum atomic E-state index is 3.83. The van der Waals surface area contributed by atoms with Gasteiger partial charge in [0.05, 0.1) is 6.04 Å². The largest absolute Gasteiger partial charge is 0.312 e. The van der Waals surface area contributed by atoms with Crippen molar-refractivity contribution in [1.29, 1.82) is 0 Å². The fourth-order valence-electron chi connectivity index (χ4n) is 3.20. The molecule has 2 unspecified atom stereocenters. The molecule has 1 aromatic heterocycles. The summed E-state index contributed by atoms with van der Waals surface area (Å²) in [4.78, 5) is 6.43. The summed E-state index contributed by atoms with van der Waals surface area (Å²) < 4.78 is 0. The Bertz CT molecular complexity index is 377. The molecule has 2 atom stereocenters. The molecule has 0 spiro atoms. The Morgan fingerprint density at radius 2 is 2.24 bits per heavy atom. The summed E-state index contributed by atoms with van der Waals surface area (Å²) >= 11 is 1.87. The number of nitrogens with zero attached hydrogens (tertiary/aromatic N) is 2. The summed E-state index contributed by atoms with van der Waals surface area (Å²) in [6.07, 6.45) is 5.23. The maximum absolute atomic E-state index is 3.83. The van der Waals surface area contributed by atoms with Crippen LogP contribution in [0.2, 0.25) is 0 Å². The Morgan fingerprint density at radius 1 is 1.38 bits per heavy atom. The summed E-state index contributed by atoms with van der Waals surface area (Å²) in [5.41, 5.74) is 0. The molecule has 0 aliphatic carbocycles. The molecule has 0 saturated carbocycles. The van der Waals surface area contributed by atoms with E-state index in [1.807, 2.05) is 11.3 Å². The fourth-order valence-corrected chi connectivity index (χ4v) is 4.12. The lowest BCUT2D eigenvalue weighted by atomic mass is 10.1. The number of likely N-dealkylation sites (tertiary alicyclic amines) is 1. The van der Waals surface area contributed by atoms with Crippen LogP contribution in [0.5, 0.6) is 0 Å². The molecule has 21 heavy (non-hydrogen) atoms. The smallest absolute Gasteiger partial charge is 0.0561 e. The third-order valence-corrected chi connectivity index (χ3v) is 5.43. The number of nitrogens with one attached hydrogen (secondary N) is 1. The van der Waals surface area contributed by atoms with E-state index in [9.17, 15) is 0 Å².